The third kappa shape index (κ3) is 3.60. The number of primary amides is 1. The Morgan fingerprint density at radius 2 is 2.27 bits per heavy atom. The molecule has 0 spiro atoms. The zero-order valence-electron chi connectivity index (χ0n) is 8.75. The number of nitrogens with zero attached hydrogens (tertiary/aromatic N) is 1. The molecule has 0 aliphatic rings. The van der Waals surface area contributed by atoms with E-state index in [1.165, 1.54) is 0 Å². The Labute approximate surface area is 97.4 Å². The Kier molecular flexibility index (Phi) is 3.82. The minimum absolute atomic E-state index is 0.375. The largest absolute Gasteiger partial charge is 0.368 e. The second-order valence-corrected chi connectivity index (χ2v) is 4.73. The van der Waals surface area contributed by atoms with E-state index < -0.39 is 5.54 Å². The van der Waals surface area contributed by atoms with Crippen LogP contribution in [0.25, 0.3) is 0 Å². The molecular weight excluding hydrogens is 258 g/mol. The lowest BCUT2D eigenvalue weighted by Gasteiger charge is -2.21. The van der Waals surface area contributed by atoms with Crippen LogP contribution < -0.4 is 11.1 Å². The zero-order chi connectivity index (χ0) is 11.5. The first kappa shape index (κ1) is 12.1. The Bertz CT molecular complexity index is 348. The molecule has 1 aromatic rings. The van der Waals surface area contributed by atoms with Crippen molar-refractivity contribution in [1.82, 2.24) is 10.3 Å². The maximum Gasteiger partial charge on any atom is 0.237 e. The first-order valence-electron chi connectivity index (χ1n) is 4.57. The van der Waals surface area contributed by atoms with Crippen molar-refractivity contribution in [1.29, 1.82) is 0 Å². The maximum absolute atomic E-state index is 11.0. The van der Waals surface area contributed by atoms with Crippen LogP contribution in [0.5, 0.6) is 0 Å². The molecule has 0 atom stereocenters. The Morgan fingerprint density at radius 3 is 2.73 bits per heavy atom. The Hall–Kier alpha value is -0.940. The van der Waals surface area contributed by atoms with Gasteiger partial charge in [0.15, 0.2) is 0 Å². The highest BCUT2D eigenvalue weighted by Crippen LogP contribution is 2.08. The van der Waals surface area contributed by atoms with Crippen LogP contribution in [0.4, 0.5) is 0 Å². The van der Waals surface area contributed by atoms with E-state index in [1.807, 2.05) is 12.1 Å². The highest BCUT2D eigenvalue weighted by molar-refractivity contribution is 9.10. The van der Waals surface area contributed by atoms with E-state index in [9.17, 15) is 4.79 Å². The average Bonchev–Trinajstić information content (AvgIpc) is 2.17. The van der Waals surface area contributed by atoms with Gasteiger partial charge in [-0.25, -0.2) is 0 Å². The van der Waals surface area contributed by atoms with E-state index in [-0.39, 0.29) is 5.91 Å². The van der Waals surface area contributed by atoms with Crippen molar-refractivity contribution in [3.05, 3.63) is 28.5 Å². The van der Waals surface area contributed by atoms with E-state index in [4.69, 9.17) is 5.73 Å². The molecule has 4 nitrogen and oxygen atoms in total. The summed E-state index contributed by atoms with van der Waals surface area (Å²) in [4.78, 5) is 15.2. The summed E-state index contributed by atoms with van der Waals surface area (Å²) < 4.78 is 0.931. The van der Waals surface area contributed by atoms with Crippen molar-refractivity contribution < 1.29 is 4.79 Å². The number of hydrogen-bond acceptors (Lipinski definition) is 3. The van der Waals surface area contributed by atoms with E-state index in [0.717, 1.165) is 10.2 Å². The molecule has 0 aliphatic carbocycles. The van der Waals surface area contributed by atoms with Gasteiger partial charge in [-0.15, -0.1) is 0 Å². The predicted molar refractivity (Wildman–Crippen MR) is 62.1 cm³/mol. The van der Waals surface area contributed by atoms with Crippen molar-refractivity contribution >= 4 is 21.8 Å². The van der Waals surface area contributed by atoms with E-state index in [0.29, 0.717) is 6.54 Å². The van der Waals surface area contributed by atoms with Gasteiger partial charge in [-0.2, -0.15) is 0 Å². The SMILES string of the molecule is CC(C)(NCc1ccc(Br)cn1)C(N)=O. The minimum Gasteiger partial charge on any atom is -0.368 e. The lowest BCUT2D eigenvalue weighted by atomic mass is 10.1. The topological polar surface area (TPSA) is 68.0 Å². The number of nitrogens with one attached hydrogen (secondary N) is 1. The first-order chi connectivity index (χ1) is 6.92. The number of rotatable bonds is 4. The molecule has 0 aliphatic heterocycles. The van der Waals surface area contributed by atoms with Gasteiger partial charge in [0.1, 0.15) is 0 Å². The summed E-state index contributed by atoms with van der Waals surface area (Å²) in [6.07, 6.45) is 1.72. The number of carbonyl (C=O) groups excluding carboxylic acids is 1. The van der Waals surface area contributed by atoms with Crippen molar-refractivity contribution in [3.63, 3.8) is 0 Å². The van der Waals surface area contributed by atoms with Gasteiger partial charge < -0.3 is 5.73 Å². The Balaban J connectivity index is 2.57. The number of carbonyl (C=O) groups is 1. The van der Waals surface area contributed by atoms with Gasteiger partial charge in [0.2, 0.25) is 5.91 Å². The zero-order valence-corrected chi connectivity index (χ0v) is 10.3. The molecule has 1 heterocycles. The van der Waals surface area contributed by atoms with Gasteiger partial charge >= 0.3 is 0 Å². The summed E-state index contributed by atoms with van der Waals surface area (Å²) in [5.41, 5.74) is 5.38. The highest BCUT2D eigenvalue weighted by Gasteiger charge is 2.23. The third-order valence-corrected chi connectivity index (χ3v) is 2.59. The van der Waals surface area contributed by atoms with Gasteiger partial charge in [-0.1, -0.05) is 0 Å². The summed E-state index contributed by atoms with van der Waals surface area (Å²) in [5.74, 6) is -0.375. The van der Waals surface area contributed by atoms with Crippen LogP contribution in [-0.2, 0) is 11.3 Å². The Morgan fingerprint density at radius 1 is 1.60 bits per heavy atom. The average molecular weight is 272 g/mol. The molecule has 1 aromatic heterocycles. The molecule has 0 saturated heterocycles. The van der Waals surface area contributed by atoms with E-state index in [1.54, 1.807) is 20.0 Å². The normalized spacial score (nSPS) is 11.4. The number of pyridine rings is 1. The number of amides is 1. The van der Waals surface area contributed by atoms with E-state index in [2.05, 4.69) is 26.2 Å². The summed E-state index contributed by atoms with van der Waals surface area (Å²) in [6, 6.07) is 3.79. The summed E-state index contributed by atoms with van der Waals surface area (Å²) in [5, 5.41) is 3.04. The molecule has 3 N–H and O–H groups in total. The van der Waals surface area contributed by atoms with Crippen LogP contribution in [0.1, 0.15) is 19.5 Å². The van der Waals surface area contributed by atoms with Gasteiger partial charge in [-0.05, 0) is 41.9 Å². The monoisotopic (exact) mass is 271 g/mol. The van der Waals surface area contributed by atoms with Gasteiger partial charge in [0.25, 0.3) is 0 Å². The number of nitrogens with two attached hydrogens (primary N) is 1. The second kappa shape index (κ2) is 4.72. The van der Waals surface area contributed by atoms with Crippen molar-refractivity contribution in [2.24, 2.45) is 5.73 Å². The van der Waals surface area contributed by atoms with Crippen LogP contribution in [0.3, 0.4) is 0 Å². The van der Waals surface area contributed by atoms with Crippen molar-refractivity contribution in [2.45, 2.75) is 25.9 Å². The summed E-state index contributed by atoms with van der Waals surface area (Å²) >= 11 is 3.30. The molecule has 1 rings (SSSR count). The van der Waals surface area contributed by atoms with Crippen LogP contribution >= 0.6 is 15.9 Å². The first-order valence-corrected chi connectivity index (χ1v) is 5.36. The third-order valence-electron chi connectivity index (χ3n) is 2.12. The van der Waals surface area contributed by atoms with Crippen molar-refractivity contribution in [2.75, 3.05) is 0 Å². The molecule has 0 unspecified atom stereocenters. The lowest BCUT2D eigenvalue weighted by Crippen LogP contribution is -2.50. The molecule has 0 bridgehead atoms. The predicted octanol–water partition coefficient (Wildman–Crippen LogP) is 1.20. The van der Waals surface area contributed by atoms with Crippen LogP contribution in [-0.4, -0.2) is 16.4 Å². The lowest BCUT2D eigenvalue weighted by molar-refractivity contribution is -0.123. The van der Waals surface area contributed by atoms with Gasteiger partial charge in [0.05, 0.1) is 11.2 Å². The molecule has 0 radical (unpaired) electrons. The molecule has 1 amide bonds. The van der Waals surface area contributed by atoms with Crippen LogP contribution in [0, 0.1) is 0 Å². The molecule has 0 saturated carbocycles. The molecule has 15 heavy (non-hydrogen) atoms. The van der Waals surface area contributed by atoms with Gasteiger partial charge in [0, 0.05) is 17.2 Å². The van der Waals surface area contributed by atoms with Crippen LogP contribution in [0.15, 0.2) is 22.8 Å². The fourth-order valence-electron chi connectivity index (χ4n) is 0.910. The quantitative estimate of drug-likeness (QED) is 0.865. The fraction of sp³-hybridized carbons (Fsp3) is 0.400. The van der Waals surface area contributed by atoms with Crippen LogP contribution in [0.2, 0.25) is 0 Å². The molecule has 0 fully saturated rings. The van der Waals surface area contributed by atoms with Gasteiger partial charge in [-0.3, -0.25) is 15.1 Å². The summed E-state index contributed by atoms with van der Waals surface area (Å²) in [6.45, 7) is 4.01. The molecular formula is C10H14BrN3O. The summed E-state index contributed by atoms with van der Waals surface area (Å²) in [7, 11) is 0. The smallest absolute Gasteiger partial charge is 0.237 e. The number of aromatic nitrogens is 1. The maximum atomic E-state index is 11.0. The molecule has 5 heteroatoms. The molecule has 0 aromatic carbocycles. The number of hydrogen-bond donors (Lipinski definition) is 2. The number of halogens is 1. The standard InChI is InChI=1S/C10H14BrN3O/c1-10(2,9(12)15)14-6-8-4-3-7(11)5-13-8/h3-5,14H,6H2,1-2H3,(H2,12,15). The fourth-order valence-corrected chi connectivity index (χ4v) is 1.14. The molecule has 82 valence electrons. The van der Waals surface area contributed by atoms with E-state index >= 15 is 0 Å². The second-order valence-electron chi connectivity index (χ2n) is 3.81. The highest BCUT2D eigenvalue weighted by atomic mass is 79.9. The minimum atomic E-state index is -0.714. The van der Waals surface area contributed by atoms with Crippen molar-refractivity contribution in [3.8, 4) is 0 Å².